The highest BCUT2D eigenvalue weighted by atomic mass is 19.2. The van der Waals surface area contributed by atoms with Gasteiger partial charge in [0.2, 0.25) is 5.82 Å². The number of carbonyl (C=O) groups excluding carboxylic acids is 1. The van der Waals surface area contributed by atoms with Crippen molar-refractivity contribution < 1.29 is 23.0 Å². The molecule has 0 aromatic heterocycles. The summed E-state index contributed by atoms with van der Waals surface area (Å²) in [4.78, 5) is 11.3. The first-order valence-electron chi connectivity index (χ1n) is 5.28. The van der Waals surface area contributed by atoms with Gasteiger partial charge in [-0.25, -0.2) is 4.39 Å². The van der Waals surface area contributed by atoms with Crippen molar-refractivity contribution >= 4 is 5.78 Å². The van der Waals surface area contributed by atoms with Gasteiger partial charge in [0.1, 0.15) is 5.78 Å². The smallest absolute Gasteiger partial charge is 0.200 e. The summed E-state index contributed by atoms with van der Waals surface area (Å²) >= 11 is 0. The summed E-state index contributed by atoms with van der Waals surface area (Å²) in [5.41, 5.74) is 0.425. The zero-order valence-electron chi connectivity index (χ0n) is 9.33. The molecule has 92 valence electrons. The van der Waals surface area contributed by atoms with Gasteiger partial charge >= 0.3 is 0 Å². The number of carbonyl (C=O) groups is 1. The van der Waals surface area contributed by atoms with E-state index in [0.29, 0.717) is 18.6 Å². The molecule has 3 nitrogen and oxygen atoms in total. The van der Waals surface area contributed by atoms with E-state index in [1.165, 1.54) is 13.2 Å². The van der Waals surface area contributed by atoms with Crippen molar-refractivity contribution in [2.45, 2.75) is 18.9 Å². The number of benzene rings is 1. The van der Waals surface area contributed by atoms with Gasteiger partial charge in [-0.2, -0.15) is 4.39 Å². The van der Waals surface area contributed by atoms with Crippen LogP contribution in [0.3, 0.4) is 0 Å². The molecule has 1 unspecified atom stereocenters. The minimum Gasteiger partial charge on any atom is -0.494 e. The number of hydrogen-bond donors (Lipinski definition) is 0. The molecule has 17 heavy (non-hydrogen) atoms. The summed E-state index contributed by atoms with van der Waals surface area (Å²) in [5, 5.41) is 0. The first-order chi connectivity index (χ1) is 8.11. The van der Waals surface area contributed by atoms with Gasteiger partial charge in [0.15, 0.2) is 11.6 Å². The highest BCUT2D eigenvalue weighted by Gasteiger charge is 2.24. The fourth-order valence-electron chi connectivity index (χ4n) is 1.82. The van der Waals surface area contributed by atoms with Gasteiger partial charge in [-0.3, -0.25) is 4.79 Å². The summed E-state index contributed by atoms with van der Waals surface area (Å²) < 4.78 is 36.6. The van der Waals surface area contributed by atoms with Crippen molar-refractivity contribution in [3.05, 3.63) is 29.3 Å². The summed E-state index contributed by atoms with van der Waals surface area (Å²) in [7, 11) is 1.26. The third-order valence-electron chi connectivity index (χ3n) is 2.72. The van der Waals surface area contributed by atoms with Crippen LogP contribution in [0.1, 0.15) is 24.5 Å². The molecule has 1 heterocycles. The lowest BCUT2D eigenvalue weighted by molar-refractivity contribution is -0.128. The van der Waals surface area contributed by atoms with Crippen LogP contribution in [0.4, 0.5) is 8.78 Å². The molecule has 5 heteroatoms. The van der Waals surface area contributed by atoms with Crippen LogP contribution in [0, 0.1) is 11.6 Å². The van der Waals surface area contributed by atoms with Crippen LogP contribution < -0.4 is 4.74 Å². The fraction of sp³-hybridized carbons (Fsp3) is 0.417. The number of methoxy groups -OCH3 is 1. The topological polar surface area (TPSA) is 35.5 Å². The number of hydrogen-bond acceptors (Lipinski definition) is 3. The standard InChI is InChI=1S/C12H12F2O3/c1-16-11-5-7(4-9(13)12(11)14)10-6-8(15)2-3-17-10/h4-5,10H,2-3,6H2,1H3. The third-order valence-corrected chi connectivity index (χ3v) is 2.72. The molecular formula is C12H12F2O3. The lowest BCUT2D eigenvalue weighted by Crippen LogP contribution is -2.19. The first-order valence-corrected chi connectivity index (χ1v) is 5.28. The third kappa shape index (κ3) is 2.44. The molecule has 0 spiro atoms. The van der Waals surface area contributed by atoms with Crippen LogP contribution in [0.15, 0.2) is 12.1 Å². The Labute approximate surface area is 97.3 Å². The van der Waals surface area contributed by atoms with E-state index in [2.05, 4.69) is 0 Å². The maximum Gasteiger partial charge on any atom is 0.200 e. The van der Waals surface area contributed by atoms with Crippen molar-refractivity contribution in [2.24, 2.45) is 0 Å². The second-order valence-corrected chi connectivity index (χ2v) is 3.87. The van der Waals surface area contributed by atoms with E-state index in [9.17, 15) is 13.6 Å². The fourth-order valence-corrected chi connectivity index (χ4v) is 1.82. The number of ketones is 1. The minimum absolute atomic E-state index is 0.0601. The minimum atomic E-state index is -1.03. The molecule has 2 rings (SSSR count). The van der Waals surface area contributed by atoms with Gasteiger partial charge in [0.05, 0.1) is 19.8 Å². The Hall–Kier alpha value is -1.49. The average molecular weight is 242 g/mol. The lowest BCUT2D eigenvalue weighted by atomic mass is 10.00. The summed E-state index contributed by atoms with van der Waals surface area (Å²) in [5.74, 6) is -2.15. The predicted octanol–water partition coefficient (Wildman–Crippen LogP) is 2.39. The second kappa shape index (κ2) is 4.79. The number of Topliss-reactive ketones (excluding diaryl/α,β-unsaturated/α-hetero) is 1. The highest BCUT2D eigenvalue weighted by molar-refractivity contribution is 5.79. The monoisotopic (exact) mass is 242 g/mol. The normalized spacial score (nSPS) is 20.4. The lowest BCUT2D eigenvalue weighted by Gasteiger charge is -2.22. The van der Waals surface area contributed by atoms with E-state index >= 15 is 0 Å². The molecule has 1 saturated heterocycles. The number of ether oxygens (including phenoxy) is 2. The molecule has 1 aliphatic heterocycles. The molecule has 0 N–H and O–H groups in total. The molecule has 1 atom stereocenters. The Kier molecular flexibility index (Phi) is 3.38. The zero-order valence-corrected chi connectivity index (χ0v) is 9.33. The molecule has 0 saturated carbocycles. The maximum atomic E-state index is 13.3. The maximum absolute atomic E-state index is 13.3. The number of rotatable bonds is 2. The SMILES string of the molecule is COc1cc(C2CC(=O)CCO2)cc(F)c1F. The highest BCUT2D eigenvalue weighted by Crippen LogP contribution is 2.31. The molecule has 1 fully saturated rings. The Morgan fingerprint density at radius 1 is 1.41 bits per heavy atom. The van der Waals surface area contributed by atoms with Crippen LogP contribution in [-0.2, 0) is 9.53 Å². The van der Waals surface area contributed by atoms with Crippen molar-refractivity contribution in [1.29, 1.82) is 0 Å². The van der Waals surface area contributed by atoms with Gasteiger partial charge in [0.25, 0.3) is 0 Å². The Bertz CT molecular complexity index is 446. The van der Waals surface area contributed by atoms with Gasteiger partial charge in [-0.05, 0) is 17.7 Å². The van der Waals surface area contributed by atoms with Crippen LogP contribution in [-0.4, -0.2) is 19.5 Å². The molecule has 0 aliphatic carbocycles. The van der Waals surface area contributed by atoms with Crippen LogP contribution >= 0.6 is 0 Å². The average Bonchev–Trinajstić information content (AvgIpc) is 2.32. The first kappa shape index (κ1) is 12.0. The van der Waals surface area contributed by atoms with Crippen LogP contribution in [0.25, 0.3) is 0 Å². The van der Waals surface area contributed by atoms with Crippen molar-refractivity contribution in [1.82, 2.24) is 0 Å². The molecule has 1 aromatic carbocycles. The Morgan fingerprint density at radius 2 is 2.18 bits per heavy atom. The zero-order chi connectivity index (χ0) is 12.4. The Balaban J connectivity index is 2.32. The molecule has 1 aromatic rings. The van der Waals surface area contributed by atoms with Crippen LogP contribution in [0.2, 0.25) is 0 Å². The van der Waals surface area contributed by atoms with E-state index < -0.39 is 17.7 Å². The molecule has 0 amide bonds. The van der Waals surface area contributed by atoms with Crippen molar-refractivity contribution in [2.75, 3.05) is 13.7 Å². The van der Waals surface area contributed by atoms with E-state index in [1.54, 1.807) is 0 Å². The second-order valence-electron chi connectivity index (χ2n) is 3.87. The van der Waals surface area contributed by atoms with Gasteiger partial charge in [-0.15, -0.1) is 0 Å². The van der Waals surface area contributed by atoms with Crippen LogP contribution in [0.5, 0.6) is 5.75 Å². The quantitative estimate of drug-likeness (QED) is 0.798. The van der Waals surface area contributed by atoms with E-state index in [4.69, 9.17) is 9.47 Å². The predicted molar refractivity (Wildman–Crippen MR) is 55.8 cm³/mol. The summed E-state index contributed by atoms with van der Waals surface area (Å²) in [6.07, 6.45) is 0.0474. The van der Waals surface area contributed by atoms with Gasteiger partial charge in [0, 0.05) is 12.8 Å². The molecular weight excluding hydrogens is 230 g/mol. The van der Waals surface area contributed by atoms with E-state index in [1.807, 2.05) is 0 Å². The molecule has 0 radical (unpaired) electrons. The summed E-state index contributed by atoms with van der Waals surface area (Å²) in [6.45, 7) is 0.310. The molecule has 0 bridgehead atoms. The van der Waals surface area contributed by atoms with Crippen molar-refractivity contribution in [3.8, 4) is 5.75 Å². The molecule has 1 aliphatic rings. The number of halogens is 2. The van der Waals surface area contributed by atoms with Gasteiger partial charge < -0.3 is 9.47 Å². The Morgan fingerprint density at radius 3 is 2.82 bits per heavy atom. The largest absolute Gasteiger partial charge is 0.494 e. The van der Waals surface area contributed by atoms with Crippen molar-refractivity contribution in [3.63, 3.8) is 0 Å². The van der Waals surface area contributed by atoms with E-state index in [0.717, 1.165) is 6.07 Å². The summed E-state index contributed by atoms with van der Waals surface area (Å²) in [6, 6.07) is 2.41. The van der Waals surface area contributed by atoms with E-state index in [-0.39, 0.29) is 18.0 Å². The van der Waals surface area contributed by atoms with Gasteiger partial charge in [-0.1, -0.05) is 0 Å².